The molecule has 1 aromatic carbocycles. The summed E-state index contributed by atoms with van der Waals surface area (Å²) in [7, 11) is 1.85. The van der Waals surface area contributed by atoms with Crippen LogP contribution in [0.1, 0.15) is 31.5 Å². The summed E-state index contributed by atoms with van der Waals surface area (Å²) in [4.78, 5) is 14.4. The zero-order valence-electron chi connectivity index (χ0n) is 14.5. The third-order valence-corrected chi connectivity index (χ3v) is 4.54. The number of aryl methyl sites for hydroxylation is 1. The van der Waals surface area contributed by atoms with Gasteiger partial charge in [-0.15, -0.1) is 0 Å². The van der Waals surface area contributed by atoms with Gasteiger partial charge in [0.05, 0.1) is 17.8 Å². The SMILES string of the molecule is CC(NC(=O)N1CCC[C@H]1COc1ccc(F)cc1)c1ccnn1C. The minimum atomic E-state index is -0.293. The highest BCUT2D eigenvalue weighted by molar-refractivity contribution is 5.75. The van der Waals surface area contributed by atoms with E-state index < -0.39 is 0 Å². The standard InChI is InChI=1S/C18H23FN4O2/c1-13(17-9-10-20-22(17)2)21-18(24)23-11-3-4-15(23)12-25-16-7-5-14(19)6-8-16/h5-10,13,15H,3-4,11-12H2,1-2H3,(H,21,24)/t13?,15-/m0/s1. The quantitative estimate of drug-likeness (QED) is 0.906. The first-order valence-electron chi connectivity index (χ1n) is 8.48. The van der Waals surface area contributed by atoms with E-state index in [0.29, 0.717) is 18.9 Å². The maximum Gasteiger partial charge on any atom is 0.318 e. The highest BCUT2D eigenvalue weighted by Crippen LogP contribution is 2.21. The molecule has 7 heteroatoms. The topological polar surface area (TPSA) is 59.4 Å². The monoisotopic (exact) mass is 346 g/mol. The van der Waals surface area contributed by atoms with Crippen molar-refractivity contribution in [1.82, 2.24) is 20.0 Å². The number of likely N-dealkylation sites (tertiary alicyclic amines) is 1. The number of benzene rings is 1. The summed E-state index contributed by atoms with van der Waals surface area (Å²) in [5.41, 5.74) is 0.951. The summed E-state index contributed by atoms with van der Waals surface area (Å²) >= 11 is 0. The fraction of sp³-hybridized carbons (Fsp3) is 0.444. The van der Waals surface area contributed by atoms with Crippen LogP contribution < -0.4 is 10.1 Å². The van der Waals surface area contributed by atoms with Crippen molar-refractivity contribution in [3.8, 4) is 5.75 Å². The van der Waals surface area contributed by atoms with Gasteiger partial charge in [-0.1, -0.05) is 0 Å². The Kier molecular flexibility index (Phi) is 5.21. The minimum absolute atomic E-state index is 0.0174. The lowest BCUT2D eigenvalue weighted by Crippen LogP contribution is -2.45. The average Bonchev–Trinajstić information content (AvgIpc) is 3.23. The van der Waals surface area contributed by atoms with E-state index in [-0.39, 0.29) is 23.9 Å². The van der Waals surface area contributed by atoms with Crippen LogP contribution in [-0.2, 0) is 7.05 Å². The molecule has 6 nitrogen and oxygen atoms in total. The molecule has 1 aromatic heterocycles. The van der Waals surface area contributed by atoms with Crippen molar-refractivity contribution in [2.24, 2.45) is 7.05 Å². The lowest BCUT2D eigenvalue weighted by atomic mass is 10.2. The Balaban J connectivity index is 1.56. The molecular formula is C18H23FN4O2. The molecule has 1 aliphatic rings. The number of carbonyl (C=O) groups is 1. The average molecular weight is 346 g/mol. The molecule has 0 aliphatic carbocycles. The number of rotatable bonds is 5. The molecule has 2 aromatic rings. The number of halogens is 1. The van der Waals surface area contributed by atoms with Crippen molar-refractivity contribution in [3.05, 3.63) is 48.0 Å². The van der Waals surface area contributed by atoms with Crippen LogP contribution in [0.25, 0.3) is 0 Å². The molecule has 2 heterocycles. The Morgan fingerprint density at radius 3 is 2.84 bits per heavy atom. The van der Waals surface area contributed by atoms with E-state index in [1.165, 1.54) is 12.1 Å². The molecule has 3 rings (SSSR count). The summed E-state index contributed by atoms with van der Waals surface area (Å²) in [6.07, 6.45) is 3.56. The van der Waals surface area contributed by atoms with E-state index >= 15 is 0 Å². The molecule has 134 valence electrons. The van der Waals surface area contributed by atoms with Gasteiger partial charge in [-0.05, 0) is 50.1 Å². The van der Waals surface area contributed by atoms with Crippen molar-refractivity contribution in [2.75, 3.05) is 13.2 Å². The van der Waals surface area contributed by atoms with Crippen molar-refractivity contribution < 1.29 is 13.9 Å². The largest absolute Gasteiger partial charge is 0.491 e. The van der Waals surface area contributed by atoms with Crippen LogP contribution in [0.4, 0.5) is 9.18 Å². The van der Waals surface area contributed by atoms with Gasteiger partial charge in [-0.2, -0.15) is 5.10 Å². The number of urea groups is 1. The van der Waals surface area contributed by atoms with Gasteiger partial charge in [0.25, 0.3) is 0 Å². The molecule has 2 atom stereocenters. The third kappa shape index (κ3) is 4.10. The molecule has 2 amide bonds. The second kappa shape index (κ2) is 7.55. The van der Waals surface area contributed by atoms with Gasteiger partial charge in [-0.25, -0.2) is 9.18 Å². The fourth-order valence-corrected chi connectivity index (χ4v) is 3.15. The summed E-state index contributed by atoms with van der Waals surface area (Å²) in [6.45, 7) is 3.05. The Morgan fingerprint density at radius 1 is 1.40 bits per heavy atom. The van der Waals surface area contributed by atoms with E-state index in [0.717, 1.165) is 18.5 Å². The maximum atomic E-state index is 12.9. The highest BCUT2D eigenvalue weighted by Gasteiger charge is 2.30. The van der Waals surface area contributed by atoms with E-state index in [2.05, 4.69) is 10.4 Å². The lowest BCUT2D eigenvalue weighted by molar-refractivity contribution is 0.162. The van der Waals surface area contributed by atoms with Gasteiger partial charge in [0.15, 0.2) is 0 Å². The highest BCUT2D eigenvalue weighted by atomic mass is 19.1. The number of hydrogen-bond donors (Lipinski definition) is 1. The maximum absolute atomic E-state index is 12.9. The molecule has 0 radical (unpaired) electrons. The first kappa shape index (κ1) is 17.3. The molecule has 0 saturated carbocycles. The Hall–Kier alpha value is -2.57. The van der Waals surface area contributed by atoms with Crippen LogP contribution in [0.15, 0.2) is 36.5 Å². The second-order valence-electron chi connectivity index (χ2n) is 6.31. The number of aromatic nitrogens is 2. The van der Waals surface area contributed by atoms with E-state index in [1.807, 2.05) is 24.9 Å². The van der Waals surface area contributed by atoms with Gasteiger partial charge in [0.2, 0.25) is 0 Å². The van der Waals surface area contributed by atoms with Crippen LogP contribution in [-0.4, -0.2) is 39.9 Å². The van der Waals surface area contributed by atoms with Gasteiger partial charge >= 0.3 is 6.03 Å². The Bertz CT molecular complexity index is 716. The third-order valence-electron chi connectivity index (χ3n) is 4.54. The zero-order valence-corrected chi connectivity index (χ0v) is 14.5. The van der Waals surface area contributed by atoms with Crippen LogP contribution in [0, 0.1) is 5.82 Å². The van der Waals surface area contributed by atoms with E-state index in [9.17, 15) is 9.18 Å². The summed E-state index contributed by atoms with van der Waals surface area (Å²) in [5.74, 6) is 0.315. The van der Waals surface area contributed by atoms with Crippen molar-refractivity contribution in [1.29, 1.82) is 0 Å². The number of ether oxygens (including phenoxy) is 1. The second-order valence-corrected chi connectivity index (χ2v) is 6.31. The van der Waals surface area contributed by atoms with Crippen molar-refractivity contribution >= 4 is 6.03 Å². The Morgan fingerprint density at radius 2 is 2.16 bits per heavy atom. The normalized spacial score (nSPS) is 18.2. The van der Waals surface area contributed by atoms with E-state index in [1.54, 1.807) is 23.0 Å². The van der Waals surface area contributed by atoms with Crippen molar-refractivity contribution in [3.63, 3.8) is 0 Å². The van der Waals surface area contributed by atoms with E-state index in [4.69, 9.17) is 4.74 Å². The molecule has 1 aliphatic heterocycles. The Labute approximate surface area is 146 Å². The molecule has 0 bridgehead atoms. The number of amides is 2. The molecule has 0 spiro atoms. The number of nitrogens with one attached hydrogen (secondary N) is 1. The molecule has 1 N–H and O–H groups in total. The smallest absolute Gasteiger partial charge is 0.318 e. The zero-order chi connectivity index (χ0) is 17.8. The first-order chi connectivity index (χ1) is 12.0. The van der Waals surface area contributed by atoms with Crippen LogP contribution in [0.2, 0.25) is 0 Å². The summed E-state index contributed by atoms with van der Waals surface area (Å²) in [6, 6.07) is 7.61. The van der Waals surface area contributed by atoms with Crippen LogP contribution in [0.3, 0.4) is 0 Å². The molecule has 1 saturated heterocycles. The predicted molar refractivity (Wildman–Crippen MR) is 91.8 cm³/mol. The van der Waals surface area contributed by atoms with Gasteiger partial charge in [-0.3, -0.25) is 4.68 Å². The lowest BCUT2D eigenvalue weighted by Gasteiger charge is -2.27. The molecular weight excluding hydrogens is 323 g/mol. The fourth-order valence-electron chi connectivity index (χ4n) is 3.15. The van der Waals surface area contributed by atoms with Crippen LogP contribution in [0.5, 0.6) is 5.75 Å². The van der Waals surface area contributed by atoms with Crippen molar-refractivity contribution in [2.45, 2.75) is 31.8 Å². The van der Waals surface area contributed by atoms with Gasteiger partial charge < -0.3 is 15.0 Å². The molecule has 25 heavy (non-hydrogen) atoms. The summed E-state index contributed by atoms with van der Waals surface area (Å²) in [5, 5.41) is 7.15. The molecule has 1 fully saturated rings. The predicted octanol–water partition coefficient (Wildman–Crippen LogP) is 2.87. The van der Waals surface area contributed by atoms with Gasteiger partial charge in [0.1, 0.15) is 18.2 Å². The van der Waals surface area contributed by atoms with Gasteiger partial charge in [0, 0.05) is 19.8 Å². The number of hydrogen-bond acceptors (Lipinski definition) is 3. The molecule has 1 unspecified atom stereocenters. The summed E-state index contributed by atoms with van der Waals surface area (Å²) < 4.78 is 20.4. The minimum Gasteiger partial charge on any atom is -0.491 e. The van der Waals surface area contributed by atoms with Crippen LogP contribution >= 0.6 is 0 Å². The number of carbonyl (C=O) groups excluding carboxylic acids is 1. The first-order valence-corrected chi connectivity index (χ1v) is 8.48. The number of nitrogens with zero attached hydrogens (tertiary/aromatic N) is 3.